The van der Waals surface area contributed by atoms with Gasteiger partial charge in [0.2, 0.25) is 0 Å². The van der Waals surface area contributed by atoms with E-state index >= 15 is 0 Å². The Bertz CT molecular complexity index is 302. The minimum Gasteiger partial charge on any atom is -0.295 e. The zero-order valence-electron chi connectivity index (χ0n) is 9.06. The van der Waals surface area contributed by atoms with Gasteiger partial charge < -0.3 is 0 Å². The molecule has 0 aromatic carbocycles. The highest BCUT2D eigenvalue weighted by atomic mass is 35.5. The van der Waals surface area contributed by atoms with Crippen molar-refractivity contribution in [2.75, 3.05) is 12.4 Å². The first-order valence-electron chi connectivity index (χ1n) is 5.51. The number of aromatic nitrogens is 1. The minimum absolute atomic E-state index is 0.588. The summed E-state index contributed by atoms with van der Waals surface area (Å²) in [5.74, 6) is 1.43. The van der Waals surface area contributed by atoms with Crippen LogP contribution in [0.5, 0.6) is 0 Å². The third kappa shape index (κ3) is 2.50. The fraction of sp³-hybridized carbons (Fsp3) is 0.583. The van der Waals surface area contributed by atoms with Crippen LogP contribution in [-0.2, 0) is 6.54 Å². The molecule has 1 saturated heterocycles. The van der Waals surface area contributed by atoms with Gasteiger partial charge in [-0.05, 0) is 37.9 Å². The molecular weight excluding hydrogens is 208 g/mol. The van der Waals surface area contributed by atoms with Crippen molar-refractivity contribution in [3.63, 3.8) is 0 Å². The molecule has 1 aliphatic rings. The zero-order valence-corrected chi connectivity index (χ0v) is 9.82. The van der Waals surface area contributed by atoms with Crippen molar-refractivity contribution >= 4 is 11.6 Å². The number of hydrogen-bond acceptors (Lipinski definition) is 2. The lowest BCUT2D eigenvalue weighted by molar-refractivity contribution is 0.237. The van der Waals surface area contributed by atoms with Gasteiger partial charge >= 0.3 is 0 Å². The highest BCUT2D eigenvalue weighted by Gasteiger charge is 2.29. The number of nitrogens with zero attached hydrogens (tertiary/aromatic N) is 2. The van der Waals surface area contributed by atoms with E-state index in [-0.39, 0.29) is 0 Å². The van der Waals surface area contributed by atoms with Gasteiger partial charge in [-0.3, -0.25) is 9.88 Å². The lowest BCUT2D eigenvalue weighted by atomic mass is 10.0. The second-order valence-corrected chi connectivity index (χ2v) is 4.54. The second kappa shape index (κ2) is 4.95. The van der Waals surface area contributed by atoms with Crippen LogP contribution in [0.1, 0.15) is 19.0 Å². The van der Waals surface area contributed by atoms with Gasteiger partial charge in [0.25, 0.3) is 0 Å². The summed E-state index contributed by atoms with van der Waals surface area (Å²) in [4.78, 5) is 6.82. The van der Waals surface area contributed by atoms with Crippen LogP contribution in [0.25, 0.3) is 0 Å². The standard InChI is InChI=1S/C12H17ClN2/c1-10-11(8-13)5-7-15(10)9-12-4-2-3-6-14-12/h2-4,6,10-11H,5,7-9H2,1H3. The molecule has 15 heavy (non-hydrogen) atoms. The summed E-state index contributed by atoms with van der Waals surface area (Å²) in [7, 11) is 0. The van der Waals surface area contributed by atoms with Crippen molar-refractivity contribution in [1.82, 2.24) is 9.88 Å². The average molecular weight is 225 g/mol. The zero-order chi connectivity index (χ0) is 10.7. The molecule has 2 unspecified atom stereocenters. The molecule has 2 heterocycles. The lowest BCUT2D eigenvalue weighted by Gasteiger charge is -2.23. The molecule has 2 atom stereocenters. The van der Waals surface area contributed by atoms with Gasteiger partial charge in [0, 0.05) is 24.7 Å². The molecule has 82 valence electrons. The third-order valence-electron chi connectivity index (χ3n) is 3.33. The van der Waals surface area contributed by atoms with Crippen molar-refractivity contribution in [3.8, 4) is 0 Å². The first kappa shape index (κ1) is 10.9. The summed E-state index contributed by atoms with van der Waals surface area (Å²) >= 11 is 5.93. The maximum atomic E-state index is 5.93. The molecule has 0 aliphatic carbocycles. The maximum Gasteiger partial charge on any atom is 0.0544 e. The van der Waals surface area contributed by atoms with Crippen molar-refractivity contribution in [1.29, 1.82) is 0 Å². The molecule has 2 nitrogen and oxygen atoms in total. The minimum atomic E-state index is 0.588. The molecule has 1 fully saturated rings. The summed E-state index contributed by atoms with van der Waals surface area (Å²) in [5, 5.41) is 0. The van der Waals surface area contributed by atoms with Crippen molar-refractivity contribution in [3.05, 3.63) is 30.1 Å². The average Bonchev–Trinajstić information content (AvgIpc) is 2.62. The van der Waals surface area contributed by atoms with Crippen LogP contribution in [0, 0.1) is 5.92 Å². The van der Waals surface area contributed by atoms with Gasteiger partial charge in [-0.2, -0.15) is 0 Å². The lowest BCUT2D eigenvalue weighted by Crippen LogP contribution is -2.30. The van der Waals surface area contributed by atoms with E-state index in [1.54, 1.807) is 0 Å². The summed E-state index contributed by atoms with van der Waals surface area (Å²) < 4.78 is 0. The highest BCUT2D eigenvalue weighted by Crippen LogP contribution is 2.26. The summed E-state index contributed by atoms with van der Waals surface area (Å²) in [6.45, 7) is 4.37. The van der Waals surface area contributed by atoms with Gasteiger partial charge in [-0.25, -0.2) is 0 Å². The molecule has 1 aromatic heterocycles. The summed E-state index contributed by atoms with van der Waals surface area (Å²) in [6.07, 6.45) is 3.08. The van der Waals surface area contributed by atoms with Gasteiger partial charge in [-0.1, -0.05) is 6.07 Å². The summed E-state index contributed by atoms with van der Waals surface area (Å²) in [5.41, 5.74) is 1.15. The van der Waals surface area contributed by atoms with Crippen LogP contribution >= 0.6 is 11.6 Å². The molecule has 1 aliphatic heterocycles. The van der Waals surface area contributed by atoms with Gasteiger partial charge in [0.15, 0.2) is 0 Å². The number of pyridine rings is 1. The Morgan fingerprint density at radius 1 is 1.53 bits per heavy atom. The largest absolute Gasteiger partial charge is 0.295 e. The van der Waals surface area contributed by atoms with Crippen LogP contribution in [-0.4, -0.2) is 28.4 Å². The Hall–Kier alpha value is -0.600. The monoisotopic (exact) mass is 224 g/mol. The molecule has 1 aromatic rings. The van der Waals surface area contributed by atoms with E-state index in [2.05, 4.69) is 22.9 Å². The van der Waals surface area contributed by atoms with Crippen LogP contribution in [0.2, 0.25) is 0 Å². The van der Waals surface area contributed by atoms with E-state index in [4.69, 9.17) is 11.6 Å². The molecule has 0 N–H and O–H groups in total. The molecule has 3 heteroatoms. The number of rotatable bonds is 3. The van der Waals surface area contributed by atoms with E-state index < -0.39 is 0 Å². The molecule has 0 bridgehead atoms. The topological polar surface area (TPSA) is 16.1 Å². The van der Waals surface area contributed by atoms with Gasteiger partial charge in [-0.15, -0.1) is 11.6 Å². The van der Waals surface area contributed by atoms with Crippen LogP contribution < -0.4 is 0 Å². The van der Waals surface area contributed by atoms with E-state index in [1.807, 2.05) is 18.3 Å². The van der Waals surface area contributed by atoms with Crippen LogP contribution in [0.4, 0.5) is 0 Å². The number of likely N-dealkylation sites (tertiary alicyclic amines) is 1. The number of halogens is 1. The number of alkyl halides is 1. The van der Waals surface area contributed by atoms with Gasteiger partial charge in [0.05, 0.1) is 5.69 Å². The predicted octanol–water partition coefficient (Wildman–Crippen LogP) is 2.53. The van der Waals surface area contributed by atoms with Crippen LogP contribution in [0.3, 0.4) is 0 Å². The first-order valence-corrected chi connectivity index (χ1v) is 6.04. The van der Waals surface area contributed by atoms with Crippen molar-refractivity contribution in [2.24, 2.45) is 5.92 Å². The molecular formula is C12H17ClN2. The van der Waals surface area contributed by atoms with E-state index in [0.717, 1.165) is 24.7 Å². The fourth-order valence-electron chi connectivity index (χ4n) is 2.20. The third-order valence-corrected chi connectivity index (χ3v) is 3.73. The Kier molecular flexibility index (Phi) is 3.60. The Morgan fingerprint density at radius 2 is 2.40 bits per heavy atom. The molecule has 0 spiro atoms. The maximum absolute atomic E-state index is 5.93. The molecule has 0 radical (unpaired) electrons. The quantitative estimate of drug-likeness (QED) is 0.734. The Labute approximate surface area is 96.3 Å². The SMILES string of the molecule is CC1C(CCl)CCN1Cc1ccccn1. The predicted molar refractivity (Wildman–Crippen MR) is 62.9 cm³/mol. The fourth-order valence-corrected chi connectivity index (χ4v) is 2.62. The summed E-state index contributed by atoms with van der Waals surface area (Å²) in [6, 6.07) is 6.67. The van der Waals surface area contributed by atoms with Gasteiger partial charge in [0.1, 0.15) is 0 Å². The molecule has 2 rings (SSSR count). The van der Waals surface area contributed by atoms with E-state index in [1.165, 1.54) is 6.42 Å². The molecule has 0 saturated carbocycles. The van der Waals surface area contributed by atoms with E-state index in [0.29, 0.717) is 12.0 Å². The second-order valence-electron chi connectivity index (χ2n) is 4.24. The smallest absolute Gasteiger partial charge is 0.0544 e. The van der Waals surface area contributed by atoms with Crippen molar-refractivity contribution in [2.45, 2.75) is 25.9 Å². The number of hydrogen-bond donors (Lipinski definition) is 0. The van der Waals surface area contributed by atoms with Crippen LogP contribution in [0.15, 0.2) is 24.4 Å². The Morgan fingerprint density at radius 3 is 3.00 bits per heavy atom. The Balaban J connectivity index is 1.96. The highest BCUT2D eigenvalue weighted by molar-refractivity contribution is 6.18. The normalized spacial score (nSPS) is 27.1. The first-order chi connectivity index (χ1) is 7.31. The molecule has 0 amide bonds. The van der Waals surface area contributed by atoms with Crippen molar-refractivity contribution < 1.29 is 0 Å². The van der Waals surface area contributed by atoms with E-state index in [9.17, 15) is 0 Å².